The summed E-state index contributed by atoms with van der Waals surface area (Å²) in [5.41, 5.74) is 1.55. The largest absolute Gasteiger partial charge is 0.300 e. The number of rotatable bonds is 2. The van der Waals surface area contributed by atoms with E-state index in [0.717, 1.165) is 12.0 Å². The number of benzene rings is 1. The fourth-order valence-electron chi connectivity index (χ4n) is 3.56. The molecule has 0 radical (unpaired) electrons. The van der Waals surface area contributed by atoms with Crippen LogP contribution in [0.15, 0.2) is 30.3 Å². The summed E-state index contributed by atoms with van der Waals surface area (Å²) in [6.45, 7) is 2.62. The van der Waals surface area contributed by atoms with Crippen LogP contribution in [0.4, 0.5) is 0 Å². The highest BCUT2D eigenvalue weighted by atomic mass is 15.2. The maximum absolute atomic E-state index is 2.76. The lowest BCUT2D eigenvalue weighted by atomic mass is 9.94. The number of hydrogen-bond donors (Lipinski definition) is 0. The molecule has 1 saturated carbocycles. The molecular weight excluding hydrogens is 206 g/mol. The molecule has 1 aliphatic heterocycles. The van der Waals surface area contributed by atoms with E-state index in [9.17, 15) is 0 Å². The van der Waals surface area contributed by atoms with Gasteiger partial charge in [0.05, 0.1) is 0 Å². The summed E-state index contributed by atoms with van der Waals surface area (Å²) >= 11 is 0. The van der Waals surface area contributed by atoms with Gasteiger partial charge in [0.25, 0.3) is 0 Å². The molecule has 1 saturated heterocycles. The van der Waals surface area contributed by atoms with Crippen LogP contribution in [0, 0.1) is 0 Å². The summed E-state index contributed by atoms with van der Waals surface area (Å²) in [6, 6.07) is 12.0. The van der Waals surface area contributed by atoms with Gasteiger partial charge in [0.15, 0.2) is 0 Å². The second-order valence-corrected chi connectivity index (χ2v) is 5.68. The molecule has 1 unspecified atom stereocenters. The van der Waals surface area contributed by atoms with Crippen molar-refractivity contribution in [3.63, 3.8) is 0 Å². The van der Waals surface area contributed by atoms with Gasteiger partial charge in [0.2, 0.25) is 0 Å². The van der Waals surface area contributed by atoms with Crippen LogP contribution in [0.3, 0.4) is 0 Å². The number of likely N-dealkylation sites (tertiary alicyclic amines) is 1. The predicted octanol–water partition coefficient (Wildman–Crippen LogP) is 3.81. The molecule has 1 heterocycles. The first-order valence-corrected chi connectivity index (χ1v) is 7.22. The zero-order valence-corrected chi connectivity index (χ0v) is 10.6. The molecule has 92 valence electrons. The highest BCUT2D eigenvalue weighted by Crippen LogP contribution is 2.32. The predicted molar refractivity (Wildman–Crippen MR) is 72.2 cm³/mol. The molecule has 0 amide bonds. The SMILES string of the molecule is c1ccc(C2CCN(C3CCCCC3)C2)cc1. The lowest BCUT2D eigenvalue weighted by Crippen LogP contribution is -2.34. The molecule has 1 atom stereocenters. The molecule has 0 spiro atoms. The van der Waals surface area contributed by atoms with Crippen LogP contribution in [-0.4, -0.2) is 24.0 Å². The van der Waals surface area contributed by atoms with Crippen molar-refractivity contribution in [2.24, 2.45) is 0 Å². The lowest BCUT2D eigenvalue weighted by Gasteiger charge is -2.31. The van der Waals surface area contributed by atoms with E-state index in [1.807, 2.05) is 0 Å². The number of hydrogen-bond acceptors (Lipinski definition) is 1. The van der Waals surface area contributed by atoms with E-state index in [2.05, 4.69) is 35.2 Å². The molecule has 0 aromatic heterocycles. The molecule has 1 aromatic rings. The quantitative estimate of drug-likeness (QED) is 0.745. The van der Waals surface area contributed by atoms with Crippen molar-refractivity contribution in [2.75, 3.05) is 13.1 Å². The van der Waals surface area contributed by atoms with E-state index in [-0.39, 0.29) is 0 Å². The number of nitrogens with zero attached hydrogens (tertiary/aromatic N) is 1. The monoisotopic (exact) mass is 229 g/mol. The highest BCUT2D eigenvalue weighted by Gasteiger charge is 2.29. The summed E-state index contributed by atoms with van der Waals surface area (Å²) in [6.07, 6.45) is 8.63. The van der Waals surface area contributed by atoms with E-state index in [4.69, 9.17) is 0 Å². The van der Waals surface area contributed by atoms with Crippen LogP contribution in [0.5, 0.6) is 0 Å². The molecule has 2 fully saturated rings. The third-order valence-electron chi connectivity index (χ3n) is 4.58. The lowest BCUT2D eigenvalue weighted by molar-refractivity contribution is 0.189. The Kier molecular flexibility index (Phi) is 3.46. The summed E-state index contributed by atoms with van der Waals surface area (Å²) in [7, 11) is 0. The van der Waals surface area contributed by atoms with E-state index >= 15 is 0 Å². The zero-order chi connectivity index (χ0) is 11.5. The fraction of sp³-hybridized carbons (Fsp3) is 0.625. The van der Waals surface area contributed by atoms with Gasteiger partial charge in [0, 0.05) is 12.6 Å². The van der Waals surface area contributed by atoms with Crippen molar-refractivity contribution < 1.29 is 0 Å². The van der Waals surface area contributed by atoms with Crippen LogP contribution in [0.1, 0.15) is 50.0 Å². The Labute approximate surface area is 105 Å². The standard InChI is InChI=1S/C16H23N/c1-3-7-14(8-4-1)15-11-12-17(13-15)16-9-5-2-6-10-16/h1,3-4,7-8,15-16H,2,5-6,9-13H2. The van der Waals surface area contributed by atoms with Crippen molar-refractivity contribution >= 4 is 0 Å². The van der Waals surface area contributed by atoms with Gasteiger partial charge < -0.3 is 0 Å². The van der Waals surface area contributed by atoms with Crippen LogP contribution in [0.2, 0.25) is 0 Å². The van der Waals surface area contributed by atoms with E-state index in [0.29, 0.717) is 0 Å². The molecule has 17 heavy (non-hydrogen) atoms. The third kappa shape index (κ3) is 2.55. The third-order valence-corrected chi connectivity index (χ3v) is 4.58. The molecular formula is C16H23N. The van der Waals surface area contributed by atoms with Gasteiger partial charge in [-0.1, -0.05) is 49.6 Å². The molecule has 1 aliphatic carbocycles. The Bertz CT molecular complexity index is 340. The Morgan fingerprint density at radius 3 is 2.41 bits per heavy atom. The average Bonchev–Trinajstić information content (AvgIpc) is 2.90. The van der Waals surface area contributed by atoms with Crippen LogP contribution < -0.4 is 0 Å². The topological polar surface area (TPSA) is 3.24 Å². The van der Waals surface area contributed by atoms with Gasteiger partial charge in [-0.05, 0) is 37.3 Å². The van der Waals surface area contributed by atoms with E-state index in [1.54, 1.807) is 5.56 Å². The average molecular weight is 229 g/mol. The molecule has 3 rings (SSSR count). The summed E-state index contributed by atoms with van der Waals surface area (Å²) in [5, 5.41) is 0. The molecule has 1 aromatic carbocycles. The highest BCUT2D eigenvalue weighted by molar-refractivity contribution is 5.21. The first-order valence-electron chi connectivity index (χ1n) is 7.22. The van der Waals surface area contributed by atoms with Gasteiger partial charge in [0.1, 0.15) is 0 Å². The molecule has 0 bridgehead atoms. The van der Waals surface area contributed by atoms with E-state index in [1.165, 1.54) is 51.6 Å². The van der Waals surface area contributed by atoms with Crippen LogP contribution in [0.25, 0.3) is 0 Å². The van der Waals surface area contributed by atoms with Gasteiger partial charge in [-0.15, -0.1) is 0 Å². The van der Waals surface area contributed by atoms with Crippen molar-refractivity contribution in [3.05, 3.63) is 35.9 Å². The van der Waals surface area contributed by atoms with Crippen LogP contribution in [-0.2, 0) is 0 Å². The minimum absolute atomic E-state index is 0.790. The van der Waals surface area contributed by atoms with Crippen molar-refractivity contribution in [3.8, 4) is 0 Å². The zero-order valence-electron chi connectivity index (χ0n) is 10.6. The maximum Gasteiger partial charge on any atom is 0.00955 e. The van der Waals surface area contributed by atoms with Gasteiger partial charge >= 0.3 is 0 Å². The molecule has 1 nitrogen and oxygen atoms in total. The minimum Gasteiger partial charge on any atom is -0.300 e. The Balaban J connectivity index is 1.61. The van der Waals surface area contributed by atoms with Gasteiger partial charge in [-0.25, -0.2) is 0 Å². The second-order valence-electron chi connectivity index (χ2n) is 5.68. The van der Waals surface area contributed by atoms with Crippen molar-refractivity contribution in [2.45, 2.75) is 50.5 Å². The van der Waals surface area contributed by atoms with Crippen LogP contribution >= 0.6 is 0 Å². The summed E-state index contributed by atoms with van der Waals surface area (Å²) < 4.78 is 0. The van der Waals surface area contributed by atoms with Crippen molar-refractivity contribution in [1.82, 2.24) is 4.90 Å². The minimum atomic E-state index is 0.790. The van der Waals surface area contributed by atoms with Crippen molar-refractivity contribution in [1.29, 1.82) is 0 Å². The summed E-state index contributed by atoms with van der Waals surface area (Å²) in [5.74, 6) is 0.790. The summed E-state index contributed by atoms with van der Waals surface area (Å²) in [4.78, 5) is 2.76. The Hall–Kier alpha value is -0.820. The van der Waals surface area contributed by atoms with Gasteiger partial charge in [-0.3, -0.25) is 4.90 Å². The molecule has 2 aliphatic rings. The molecule has 1 heteroatoms. The van der Waals surface area contributed by atoms with E-state index < -0.39 is 0 Å². The first kappa shape index (κ1) is 11.3. The normalized spacial score (nSPS) is 27.4. The Morgan fingerprint density at radius 2 is 1.65 bits per heavy atom. The molecule has 0 N–H and O–H groups in total. The maximum atomic E-state index is 2.76. The fourth-order valence-corrected chi connectivity index (χ4v) is 3.56. The first-order chi connectivity index (χ1) is 8.43. The second kappa shape index (κ2) is 5.22. The van der Waals surface area contributed by atoms with Gasteiger partial charge in [-0.2, -0.15) is 0 Å². The smallest absolute Gasteiger partial charge is 0.00955 e. The Morgan fingerprint density at radius 1 is 0.882 bits per heavy atom.